The molecule has 0 atom stereocenters. The summed E-state index contributed by atoms with van der Waals surface area (Å²) in [5, 5.41) is 1.29. The molecule has 0 amide bonds. The van der Waals surface area contributed by atoms with E-state index < -0.39 is 0 Å². The molecular weight excluding hydrogens is 300 g/mol. The number of aromatic amines is 2. The zero-order valence-electron chi connectivity index (χ0n) is 14.1. The van der Waals surface area contributed by atoms with Crippen molar-refractivity contribution >= 4 is 10.9 Å². The van der Waals surface area contributed by atoms with Crippen molar-refractivity contribution in [2.75, 3.05) is 6.54 Å². The van der Waals surface area contributed by atoms with Crippen molar-refractivity contribution in [1.29, 1.82) is 0 Å². The van der Waals surface area contributed by atoms with Gasteiger partial charge in [-0.05, 0) is 24.5 Å². The number of hydrogen-bond donors (Lipinski definition) is 2. The van der Waals surface area contributed by atoms with Gasteiger partial charge in [0.2, 0.25) is 0 Å². The minimum atomic E-state index is 0.00870. The summed E-state index contributed by atoms with van der Waals surface area (Å²) in [5.41, 5.74) is 5.66. The molecule has 0 saturated carbocycles. The van der Waals surface area contributed by atoms with Crippen LogP contribution < -0.4 is 5.56 Å². The van der Waals surface area contributed by atoms with Crippen molar-refractivity contribution in [2.45, 2.75) is 39.8 Å². The number of hydrogen-bond acceptors (Lipinski definition) is 3. The first-order valence-corrected chi connectivity index (χ1v) is 8.54. The first-order chi connectivity index (χ1) is 11.7. The van der Waals surface area contributed by atoms with Gasteiger partial charge in [0.1, 0.15) is 5.82 Å². The molecule has 0 saturated heterocycles. The van der Waals surface area contributed by atoms with Crippen molar-refractivity contribution in [1.82, 2.24) is 19.9 Å². The smallest absolute Gasteiger partial charge is 0.255 e. The molecule has 0 spiro atoms. The largest absolute Gasteiger partial charge is 0.361 e. The van der Waals surface area contributed by atoms with Gasteiger partial charge in [0.15, 0.2) is 0 Å². The lowest BCUT2D eigenvalue weighted by Crippen LogP contribution is -2.35. The number of fused-ring (bicyclic) bond motifs is 2. The average Bonchev–Trinajstić information content (AvgIpc) is 2.98. The number of benzene rings is 1. The average molecular weight is 322 g/mol. The zero-order valence-corrected chi connectivity index (χ0v) is 14.1. The number of rotatable bonds is 3. The molecular formula is C19H22N4O. The summed E-state index contributed by atoms with van der Waals surface area (Å²) in [4.78, 5) is 25.3. The molecule has 2 N–H and O–H groups in total. The van der Waals surface area contributed by atoms with Crippen LogP contribution in [0.1, 0.15) is 35.1 Å². The SMILES string of the molecule is CCc1cccc2c(CN3CCc4nc(C)[nH]c(=O)c4C3)c[nH]c12. The summed E-state index contributed by atoms with van der Waals surface area (Å²) >= 11 is 0. The highest BCUT2D eigenvalue weighted by atomic mass is 16.1. The second-order valence-corrected chi connectivity index (χ2v) is 6.54. The van der Waals surface area contributed by atoms with E-state index in [4.69, 9.17) is 0 Å². The lowest BCUT2D eigenvalue weighted by atomic mass is 10.0. The highest BCUT2D eigenvalue weighted by Gasteiger charge is 2.21. The summed E-state index contributed by atoms with van der Waals surface area (Å²) in [6, 6.07) is 6.48. The van der Waals surface area contributed by atoms with Crippen molar-refractivity contribution in [3.63, 3.8) is 0 Å². The second kappa shape index (κ2) is 5.91. The van der Waals surface area contributed by atoms with Gasteiger partial charge in [-0.3, -0.25) is 9.69 Å². The standard InChI is InChI=1S/C19H22N4O/c1-3-13-5-4-6-15-14(9-20-18(13)15)10-23-8-7-17-16(11-23)19(24)22-12(2)21-17/h4-6,9,20H,3,7-8,10-11H2,1-2H3,(H,21,22,24). The molecule has 3 aromatic rings. The molecule has 3 heterocycles. The first-order valence-electron chi connectivity index (χ1n) is 8.54. The molecule has 0 bridgehead atoms. The molecule has 0 fully saturated rings. The predicted octanol–water partition coefficient (Wildman–Crippen LogP) is 2.68. The van der Waals surface area contributed by atoms with Crippen LogP contribution in [0.2, 0.25) is 0 Å². The Hall–Kier alpha value is -2.40. The number of aryl methyl sites for hydroxylation is 2. The highest BCUT2D eigenvalue weighted by molar-refractivity contribution is 5.86. The maximum absolute atomic E-state index is 12.2. The van der Waals surface area contributed by atoms with Crippen LogP contribution in [0, 0.1) is 6.92 Å². The summed E-state index contributed by atoms with van der Waals surface area (Å²) in [6.45, 7) is 6.46. The Labute approximate surface area is 140 Å². The minimum absolute atomic E-state index is 0.00870. The van der Waals surface area contributed by atoms with E-state index in [9.17, 15) is 4.79 Å². The van der Waals surface area contributed by atoms with E-state index >= 15 is 0 Å². The number of para-hydroxylation sites is 1. The van der Waals surface area contributed by atoms with Crippen LogP contribution in [0.15, 0.2) is 29.2 Å². The van der Waals surface area contributed by atoms with Crippen molar-refractivity contribution in [2.24, 2.45) is 0 Å². The fourth-order valence-corrected chi connectivity index (χ4v) is 3.68. The summed E-state index contributed by atoms with van der Waals surface area (Å²) in [6.07, 6.45) is 3.97. The van der Waals surface area contributed by atoms with Gasteiger partial charge in [-0.25, -0.2) is 4.98 Å². The zero-order chi connectivity index (χ0) is 16.7. The number of nitrogens with one attached hydrogen (secondary N) is 2. The van der Waals surface area contributed by atoms with Crippen LogP contribution in [-0.4, -0.2) is 26.4 Å². The molecule has 24 heavy (non-hydrogen) atoms. The van der Waals surface area contributed by atoms with Crippen LogP contribution in [0.3, 0.4) is 0 Å². The van der Waals surface area contributed by atoms with Crippen LogP contribution in [0.5, 0.6) is 0 Å². The van der Waals surface area contributed by atoms with Gasteiger partial charge in [-0.1, -0.05) is 25.1 Å². The fraction of sp³-hybridized carbons (Fsp3) is 0.368. The van der Waals surface area contributed by atoms with E-state index in [1.807, 2.05) is 6.92 Å². The number of aromatic nitrogens is 3. The van der Waals surface area contributed by atoms with Crippen molar-refractivity contribution in [3.05, 3.63) is 63.0 Å². The number of H-pyrrole nitrogens is 2. The normalized spacial score (nSPS) is 14.9. The number of nitrogens with zero attached hydrogens (tertiary/aromatic N) is 2. The van der Waals surface area contributed by atoms with E-state index in [1.54, 1.807) is 0 Å². The van der Waals surface area contributed by atoms with Crippen molar-refractivity contribution < 1.29 is 0 Å². The summed E-state index contributed by atoms with van der Waals surface area (Å²) < 4.78 is 0. The van der Waals surface area contributed by atoms with E-state index in [2.05, 4.69) is 51.2 Å². The maximum atomic E-state index is 12.2. The lowest BCUT2D eigenvalue weighted by molar-refractivity contribution is 0.242. The quantitative estimate of drug-likeness (QED) is 0.779. The topological polar surface area (TPSA) is 64.8 Å². The van der Waals surface area contributed by atoms with E-state index in [1.165, 1.54) is 22.0 Å². The Morgan fingerprint density at radius 1 is 1.29 bits per heavy atom. The molecule has 1 aliphatic rings. The van der Waals surface area contributed by atoms with Gasteiger partial charge in [-0.15, -0.1) is 0 Å². The van der Waals surface area contributed by atoms with Crippen LogP contribution >= 0.6 is 0 Å². The van der Waals surface area contributed by atoms with E-state index in [-0.39, 0.29) is 5.56 Å². The molecule has 4 rings (SSSR count). The lowest BCUT2D eigenvalue weighted by Gasteiger charge is -2.27. The Morgan fingerprint density at radius 3 is 3.00 bits per heavy atom. The third kappa shape index (κ3) is 2.55. The maximum Gasteiger partial charge on any atom is 0.255 e. The Kier molecular flexibility index (Phi) is 3.73. The van der Waals surface area contributed by atoms with Crippen LogP contribution in [-0.2, 0) is 25.9 Å². The van der Waals surface area contributed by atoms with Crippen LogP contribution in [0.4, 0.5) is 0 Å². The van der Waals surface area contributed by atoms with Gasteiger partial charge < -0.3 is 9.97 Å². The highest BCUT2D eigenvalue weighted by Crippen LogP contribution is 2.25. The Morgan fingerprint density at radius 2 is 2.17 bits per heavy atom. The molecule has 1 aliphatic heterocycles. The fourth-order valence-electron chi connectivity index (χ4n) is 3.68. The molecule has 5 nitrogen and oxygen atoms in total. The van der Waals surface area contributed by atoms with Gasteiger partial charge in [0.25, 0.3) is 5.56 Å². The van der Waals surface area contributed by atoms with Crippen molar-refractivity contribution in [3.8, 4) is 0 Å². The van der Waals surface area contributed by atoms with Crippen LogP contribution in [0.25, 0.3) is 10.9 Å². The van der Waals surface area contributed by atoms with E-state index in [0.717, 1.165) is 37.2 Å². The molecule has 0 unspecified atom stereocenters. The Bertz CT molecular complexity index is 954. The summed E-state index contributed by atoms with van der Waals surface area (Å²) in [5.74, 6) is 0.705. The van der Waals surface area contributed by atoms with E-state index in [0.29, 0.717) is 12.4 Å². The van der Waals surface area contributed by atoms with Gasteiger partial charge in [0, 0.05) is 43.2 Å². The molecule has 0 radical (unpaired) electrons. The predicted molar refractivity (Wildman–Crippen MR) is 95.1 cm³/mol. The van der Waals surface area contributed by atoms with Gasteiger partial charge in [0.05, 0.1) is 11.3 Å². The first kappa shape index (κ1) is 15.1. The molecule has 1 aromatic carbocycles. The molecule has 124 valence electrons. The molecule has 5 heteroatoms. The van der Waals surface area contributed by atoms with Gasteiger partial charge in [-0.2, -0.15) is 0 Å². The third-order valence-electron chi connectivity index (χ3n) is 4.93. The second-order valence-electron chi connectivity index (χ2n) is 6.54. The Balaban J connectivity index is 1.62. The summed E-state index contributed by atoms with van der Waals surface area (Å²) in [7, 11) is 0. The third-order valence-corrected chi connectivity index (χ3v) is 4.93. The molecule has 0 aliphatic carbocycles. The van der Waals surface area contributed by atoms with Gasteiger partial charge >= 0.3 is 0 Å². The molecule has 2 aromatic heterocycles. The minimum Gasteiger partial charge on any atom is -0.361 e. The monoisotopic (exact) mass is 322 g/mol.